The van der Waals surface area contributed by atoms with E-state index in [1.165, 1.54) is 31.2 Å². The summed E-state index contributed by atoms with van der Waals surface area (Å²) in [6.45, 7) is 0.956. The molecule has 1 aliphatic heterocycles. The Hall–Kier alpha value is -2.51. The van der Waals surface area contributed by atoms with E-state index in [1.807, 2.05) is 12.4 Å². The Kier molecular flexibility index (Phi) is 4.52. The van der Waals surface area contributed by atoms with Crippen molar-refractivity contribution in [1.29, 1.82) is 0 Å². The lowest BCUT2D eigenvalue weighted by Gasteiger charge is -2.39. The first-order chi connectivity index (χ1) is 14.1. The fraction of sp³-hybridized carbons (Fsp3) is 0.381. The van der Waals surface area contributed by atoms with Crippen molar-refractivity contribution in [3.05, 3.63) is 64.3 Å². The summed E-state index contributed by atoms with van der Waals surface area (Å²) in [7, 11) is 0. The standard InChI is InChI=1S/C21H20ClFN4O2/c22-18-9-15(23)3-4-17(18)21(5-7-29-8-6-21)26-20(28)16-11-25-27-12-14(13-1-2-13)10-24-19(16)27/h3-4,9-13H,1-2,5-8H2,(H,26,28). The molecule has 0 radical (unpaired) electrons. The highest BCUT2D eigenvalue weighted by Crippen LogP contribution is 2.40. The quantitative estimate of drug-likeness (QED) is 0.704. The highest BCUT2D eigenvalue weighted by atomic mass is 35.5. The van der Waals surface area contributed by atoms with Gasteiger partial charge in [0.15, 0.2) is 5.65 Å². The lowest BCUT2D eigenvalue weighted by molar-refractivity contribution is 0.0346. The van der Waals surface area contributed by atoms with Crippen LogP contribution >= 0.6 is 11.6 Å². The highest BCUT2D eigenvalue weighted by molar-refractivity contribution is 6.31. The van der Waals surface area contributed by atoms with Crippen molar-refractivity contribution in [3.63, 3.8) is 0 Å². The summed E-state index contributed by atoms with van der Waals surface area (Å²) >= 11 is 6.35. The van der Waals surface area contributed by atoms with Gasteiger partial charge in [-0.1, -0.05) is 17.7 Å². The summed E-state index contributed by atoms with van der Waals surface area (Å²) in [4.78, 5) is 17.7. The van der Waals surface area contributed by atoms with Gasteiger partial charge in [-0.25, -0.2) is 13.9 Å². The average Bonchev–Trinajstić information content (AvgIpc) is 3.47. The largest absolute Gasteiger partial charge is 0.381 e. The second-order valence-corrected chi connectivity index (χ2v) is 8.17. The number of hydrogen-bond acceptors (Lipinski definition) is 4. The Morgan fingerprint density at radius 1 is 1.28 bits per heavy atom. The first kappa shape index (κ1) is 18.5. The van der Waals surface area contributed by atoms with Gasteiger partial charge in [0.05, 0.1) is 11.7 Å². The molecule has 0 atom stereocenters. The van der Waals surface area contributed by atoms with Gasteiger partial charge in [-0.3, -0.25) is 4.79 Å². The van der Waals surface area contributed by atoms with Crippen molar-refractivity contribution >= 4 is 23.2 Å². The Morgan fingerprint density at radius 3 is 2.79 bits per heavy atom. The van der Waals surface area contributed by atoms with Gasteiger partial charge in [-0.05, 0) is 54.9 Å². The van der Waals surface area contributed by atoms with Crippen LogP contribution in [0.15, 0.2) is 36.8 Å². The summed E-state index contributed by atoms with van der Waals surface area (Å²) in [6.07, 6.45) is 8.73. The summed E-state index contributed by atoms with van der Waals surface area (Å²) in [5.41, 5.74) is 2.02. The lowest BCUT2D eigenvalue weighted by Crippen LogP contribution is -2.49. The van der Waals surface area contributed by atoms with Crippen molar-refractivity contribution in [2.24, 2.45) is 0 Å². The second-order valence-electron chi connectivity index (χ2n) is 7.76. The van der Waals surface area contributed by atoms with Gasteiger partial charge in [0.25, 0.3) is 5.91 Å². The minimum Gasteiger partial charge on any atom is -0.381 e. The molecule has 1 saturated heterocycles. The normalized spacial score (nSPS) is 18.7. The van der Waals surface area contributed by atoms with Crippen LogP contribution in [-0.2, 0) is 10.3 Å². The van der Waals surface area contributed by atoms with Gasteiger partial charge >= 0.3 is 0 Å². The maximum Gasteiger partial charge on any atom is 0.257 e. The number of halogens is 2. The Labute approximate surface area is 172 Å². The van der Waals surface area contributed by atoms with Crippen molar-refractivity contribution in [2.45, 2.75) is 37.1 Å². The van der Waals surface area contributed by atoms with Crippen molar-refractivity contribution in [3.8, 4) is 0 Å². The third kappa shape index (κ3) is 3.38. The van der Waals surface area contributed by atoms with Crippen LogP contribution in [0, 0.1) is 5.82 Å². The number of amides is 1. The van der Waals surface area contributed by atoms with Crippen LogP contribution in [0.2, 0.25) is 5.02 Å². The third-order valence-electron chi connectivity index (χ3n) is 5.82. The number of aromatic nitrogens is 3. The van der Waals surface area contributed by atoms with Crippen molar-refractivity contribution in [1.82, 2.24) is 19.9 Å². The first-order valence-corrected chi connectivity index (χ1v) is 10.1. The smallest absolute Gasteiger partial charge is 0.257 e. The molecular weight excluding hydrogens is 395 g/mol. The number of benzene rings is 1. The Bertz CT molecular complexity index is 1090. The zero-order chi connectivity index (χ0) is 20.0. The number of hydrogen-bond donors (Lipinski definition) is 1. The van der Waals surface area contributed by atoms with Gasteiger partial charge in [0.2, 0.25) is 0 Å². The number of fused-ring (bicyclic) bond motifs is 1. The van der Waals surface area contributed by atoms with Gasteiger partial charge < -0.3 is 10.1 Å². The van der Waals surface area contributed by atoms with E-state index in [2.05, 4.69) is 15.4 Å². The molecule has 2 fully saturated rings. The van der Waals surface area contributed by atoms with Gasteiger partial charge in [-0.2, -0.15) is 5.10 Å². The molecule has 0 unspecified atom stereocenters. The van der Waals surface area contributed by atoms with Gasteiger partial charge in [-0.15, -0.1) is 0 Å². The zero-order valence-corrected chi connectivity index (χ0v) is 16.5. The third-order valence-corrected chi connectivity index (χ3v) is 6.13. The van der Waals surface area contributed by atoms with Crippen LogP contribution < -0.4 is 5.32 Å². The Balaban J connectivity index is 1.49. The number of carbonyl (C=O) groups is 1. The number of rotatable bonds is 4. The summed E-state index contributed by atoms with van der Waals surface area (Å²) < 4.78 is 20.7. The number of nitrogens with one attached hydrogen (secondary N) is 1. The predicted molar refractivity (Wildman–Crippen MR) is 106 cm³/mol. The van der Waals surface area contributed by atoms with Crippen LogP contribution in [0.5, 0.6) is 0 Å². The van der Waals surface area contributed by atoms with E-state index >= 15 is 0 Å². The summed E-state index contributed by atoms with van der Waals surface area (Å²) in [5, 5.41) is 7.75. The molecule has 1 saturated carbocycles. The van der Waals surface area contributed by atoms with Crippen LogP contribution in [0.4, 0.5) is 4.39 Å². The summed E-state index contributed by atoms with van der Waals surface area (Å²) in [5.74, 6) is -0.140. The monoisotopic (exact) mass is 414 g/mol. The molecule has 1 amide bonds. The van der Waals surface area contributed by atoms with Crippen LogP contribution in [0.1, 0.15) is 53.1 Å². The average molecular weight is 415 g/mol. The van der Waals surface area contributed by atoms with Crippen molar-refractivity contribution < 1.29 is 13.9 Å². The molecule has 8 heteroatoms. The van der Waals surface area contributed by atoms with Crippen LogP contribution in [0.25, 0.3) is 5.65 Å². The molecule has 1 aromatic carbocycles. The minimum absolute atomic E-state index is 0.283. The fourth-order valence-electron chi connectivity index (χ4n) is 4.02. The second kappa shape index (κ2) is 7.07. The van der Waals surface area contributed by atoms with Gasteiger partial charge in [0.1, 0.15) is 11.4 Å². The van der Waals surface area contributed by atoms with E-state index in [0.717, 1.165) is 5.56 Å². The maximum absolute atomic E-state index is 13.6. The van der Waals surface area contributed by atoms with Gasteiger partial charge in [0, 0.05) is 30.6 Å². The number of nitrogens with zero attached hydrogens (tertiary/aromatic N) is 3. The molecule has 1 aliphatic carbocycles. The maximum atomic E-state index is 13.6. The molecule has 2 aromatic heterocycles. The van der Waals surface area contributed by atoms with E-state index in [1.54, 1.807) is 10.6 Å². The Morgan fingerprint density at radius 2 is 2.07 bits per heavy atom. The molecule has 0 spiro atoms. The fourth-order valence-corrected chi connectivity index (χ4v) is 4.37. The molecular formula is C21H20ClFN4O2. The zero-order valence-electron chi connectivity index (χ0n) is 15.7. The van der Waals surface area contributed by atoms with E-state index in [9.17, 15) is 9.18 Å². The summed E-state index contributed by atoms with van der Waals surface area (Å²) in [6, 6.07) is 4.27. The molecule has 3 heterocycles. The lowest BCUT2D eigenvalue weighted by atomic mass is 9.82. The van der Waals surface area contributed by atoms with Crippen molar-refractivity contribution in [2.75, 3.05) is 13.2 Å². The minimum atomic E-state index is -0.734. The number of carbonyl (C=O) groups excluding carboxylic acids is 1. The molecule has 0 bridgehead atoms. The molecule has 3 aromatic rings. The molecule has 2 aliphatic rings. The van der Waals surface area contributed by atoms with Crippen LogP contribution in [0.3, 0.4) is 0 Å². The van der Waals surface area contributed by atoms with E-state index in [-0.39, 0.29) is 5.91 Å². The van der Waals surface area contributed by atoms with E-state index < -0.39 is 11.4 Å². The molecule has 29 heavy (non-hydrogen) atoms. The predicted octanol–water partition coefficient (Wildman–Crippen LogP) is 3.83. The molecule has 150 valence electrons. The first-order valence-electron chi connectivity index (χ1n) is 9.75. The van der Waals surface area contributed by atoms with E-state index in [0.29, 0.717) is 53.8 Å². The highest BCUT2D eigenvalue weighted by Gasteiger charge is 2.38. The van der Waals surface area contributed by atoms with Crippen LogP contribution in [-0.4, -0.2) is 33.7 Å². The topological polar surface area (TPSA) is 68.5 Å². The SMILES string of the molecule is O=C(NC1(c2ccc(F)cc2Cl)CCOCC1)c1cnn2cc(C3CC3)cnc12. The molecule has 1 N–H and O–H groups in total. The van der Waals surface area contributed by atoms with E-state index in [4.69, 9.17) is 16.3 Å². The number of ether oxygens (including phenoxy) is 1. The molecule has 6 nitrogen and oxygen atoms in total. The molecule has 5 rings (SSSR count).